The van der Waals surface area contributed by atoms with Gasteiger partial charge in [0.25, 0.3) is 0 Å². The van der Waals surface area contributed by atoms with Crippen molar-refractivity contribution in [2.24, 2.45) is 5.41 Å². The topological polar surface area (TPSA) is 69.5 Å². The zero-order valence-electron chi connectivity index (χ0n) is 15.8. The number of aromatic nitrogens is 1. The lowest BCUT2D eigenvalue weighted by Crippen LogP contribution is -2.54. The lowest BCUT2D eigenvalue weighted by Gasteiger charge is -2.48. The molecular weight excluding hydrogens is 328 g/mol. The van der Waals surface area contributed by atoms with Crippen LogP contribution >= 0.6 is 0 Å². The maximum Gasteiger partial charge on any atom is 0.222 e. The van der Waals surface area contributed by atoms with Gasteiger partial charge < -0.3 is 14.5 Å². The third-order valence-corrected chi connectivity index (χ3v) is 5.62. The number of amides is 1. The molecule has 1 spiro atoms. The number of carbonyl (C=O) groups excluding carboxylic acids is 1. The smallest absolute Gasteiger partial charge is 0.222 e. The molecular formula is C20H28N4O2. The maximum absolute atomic E-state index is 12.3. The summed E-state index contributed by atoms with van der Waals surface area (Å²) in [4.78, 5) is 21.3. The van der Waals surface area contributed by atoms with Crippen molar-refractivity contribution < 1.29 is 9.53 Å². The molecule has 0 aromatic carbocycles. The molecule has 6 nitrogen and oxygen atoms in total. The molecule has 0 saturated carbocycles. The first kappa shape index (κ1) is 18.7. The predicted molar refractivity (Wildman–Crippen MR) is 99.9 cm³/mol. The second-order valence-electron chi connectivity index (χ2n) is 7.62. The van der Waals surface area contributed by atoms with E-state index in [1.807, 2.05) is 24.0 Å². The van der Waals surface area contributed by atoms with Crippen molar-refractivity contribution in [3.63, 3.8) is 0 Å². The Morgan fingerprint density at radius 1 is 1.35 bits per heavy atom. The van der Waals surface area contributed by atoms with Crippen LogP contribution in [-0.2, 0) is 9.53 Å². The number of likely N-dealkylation sites (tertiary alicyclic amines) is 1. The average Bonchev–Trinajstić information content (AvgIpc) is 2.65. The molecule has 26 heavy (non-hydrogen) atoms. The van der Waals surface area contributed by atoms with Crippen LogP contribution in [0.3, 0.4) is 0 Å². The second-order valence-corrected chi connectivity index (χ2v) is 7.62. The van der Waals surface area contributed by atoms with Gasteiger partial charge >= 0.3 is 0 Å². The summed E-state index contributed by atoms with van der Waals surface area (Å²) in [5, 5.41) is 9.46. The molecule has 0 radical (unpaired) electrons. The minimum Gasteiger partial charge on any atom is -0.385 e. The summed E-state index contributed by atoms with van der Waals surface area (Å²) in [7, 11) is 1.69. The Balaban J connectivity index is 1.76. The van der Waals surface area contributed by atoms with Gasteiger partial charge in [0.15, 0.2) is 0 Å². The number of carbonyl (C=O) groups is 1. The van der Waals surface area contributed by atoms with E-state index in [0.717, 1.165) is 63.4 Å². The van der Waals surface area contributed by atoms with Crippen molar-refractivity contribution >= 4 is 11.7 Å². The van der Waals surface area contributed by atoms with Crippen LogP contribution < -0.4 is 4.90 Å². The van der Waals surface area contributed by atoms with Crippen LogP contribution in [0.2, 0.25) is 0 Å². The van der Waals surface area contributed by atoms with Crippen LogP contribution in [0.5, 0.6) is 0 Å². The minimum absolute atomic E-state index is 0.109. The van der Waals surface area contributed by atoms with Gasteiger partial charge in [0.05, 0.1) is 5.56 Å². The third-order valence-electron chi connectivity index (χ3n) is 5.62. The van der Waals surface area contributed by atoms with Crippen molar-refractivity contribution in [1.82, 2.24) is 9.88 Å². The van der Waals surface area contributed by atoms with Crippen molar-refractivity contribution in [1.29, 1.82) is 5.26 Å². The molecule has 2 aliphatic heterocycles. The highest BCUT2D eigenvalue weighted by Crippen LogP contribution is 2.40. The summed E-state index contributed by atoms with van der Waals surface area (Å²) in [5.74, 6) is 1.06. The van der Waals surface area contributed by atoms with Gasteiger partial charge in [-0.25, -0.2) is 4.98 Å². The van der Waals surface area contributed by atoms with Gasteiger partial charge in [0, 0.05) is 57.4 Å². The predicted octanol–water partition coefficient (Wildman–Crippen LogP) is 2.51. The van der Waals surface area contributed by atoms with Gasteiger partial charge in [0.2, 0.25) is 5.91 Å². The van der Waals surface area contributed by atoms with Crippen molar-refractivity contribution in [3.8, 4) is 6.07 Å². The van der Waals surface area contributed by atoms with E-state index in [0.29, 0.717) is 18.6 Å². The van der Waals surface area contributed by atoms with E-state index in [9.17, 15) is 10.1 Å². The Morgan fingerprint density at radius 3 is 2.96 bits per heavy atom. The molecule has 1 atom stereocenters. The molecule has 2 fully saturated rings. The Hall–Kier alpha value is -2.13. The largest absolute Gasteiger partial charge is 0.385 e. The van der Waals surface area contributed by atoms with E-state index in [4.69, 9.17) is 4.74 Å². The number of methoxy groups -OCH3 is 1. The normalized spacial score (nSPS) is 23.3. The van der Waals surface area contributed by atoms with Gasteiger partial charge in [-0.2, -0.15) is 5.26 Å². The van der Waals surface area contributed by atoms with Gasteiger partial charge in [-0.3, -0.25) is 4.79 Å². The fraction of sp³-hybridized carbons (Fsp3) is 0.650. The molecule has 0 aliphatic carbocycles. The number of nitriles is 1. The standard InChI is InChI=1S/C20H28N4O2/c1-16-5-6-17(13-21)19(22-16)24-10-3-8-20(15-24)9-7-18(25)23(14-20)11-4-12-26-2/h5-6H,3-4,7-12,14-15H2,1-2H3/t20-/m1/s1. The third kappa shape index (κ3) is 3.99. The lowest BCUT2D eigenvalue weighted by atomic mass is 9.73. The minimum atomic E-state index is 0.109. The number of ether oxygens (including phenoxy) is 1. The van der Waals surface area contributed by atoms with Gasteiger partial charge in [-0.1, -0.05) is 0 Å². The molecule has 0 bridgehead atoms. The molecule has 3 heterocycles. The Kier molecular flexibility index (Phi) is 5.77. The summed E-state index contributed by atoms with van der Waals surface area (Å²) >= 11 is 0. The fourth-order valence-corrected chi connectivity index (χ4v) is 4.30. The zero-order valence-corrected chi connectivity index (χ0v) is 15.8. The van der Waals surface area contributed by atoms with Gasteiger partial charge in [-0.15, -0.1) is 0 Å². The van der Waals surface area contributed by atoms with E-state index >= 15 is 0 Å². The molecule has 6 heteroatoms. The van der Waals surface area contributed by atoms with E-state index in [-0.39, 0.29) is 11.3 Å². The first-order valence-electron chi connectivity index (χ1n) is 9.46. The number of hydrogen-bond donors (Lipinski definition) is 0. The van der Waals surface area contributed by atoms with Crippen LogP contribution in [0.1, 0.15) is 43.4 Å². The number of aryl methyl sites for hydroxylation is 1. The number of pyridine rings is 1. The summed E-state index contributed by atoms with van der Waals surface area (Å²) < 4.78 is 5.13. The first-order chi connectivity index (χ1) is 12.6. The molecule has 0 unspecified atom stereocenters. The highest BCUT2D eigenvalue weighted by atomic mass is 16.5. The van der Waals surface area contributed by atoms with Gasteiger partial charge in [0.1, 0.15) is 11.9 Å². The second kappa shape index (κ2) is 8.05. The van der Waals surface area contributed by atoms with Crippen molar-refractivity contribution in [2.45, 2.75) is 39.0 Å². The monoisotopic (exact) mass is 356 g/mol. The Labute approximate surface area is 155 Å². The van der Waals surface area contributed by atoms with E-state index in [1.54, 1.807) is 7.11 Å². The van der Waals surface area contributed by atoms with Crippen LogP contribution in [0, 0.1) is 23.7 Å². The fourth-order valence-electron chi connectivity index (χ4n) is 4.30. The van der Waals surface area contributed by atoms with Gasteiger partial charge in [-0.05, 0) is 44.7 Å². The molecule has 1 aromatic heterocycles. The highest BCUT2D eigenvalue weighted by molar-refractivity contribution is 5.77. The highest BCUT2D eigenvalue weighted by Gasteiger charge is 2.42. The quantitative estimate of drug-likeness (QED) is 0.758. The van der Waals surface area contributed by atoms with Crippen LogP contribution in [-0.4, -0.2) is 55.7 Å². The average molecular weight is 356 g/mol. The number of nitrogens with zero attached hydrogens (tertiary/aromatic N) is 4. The van der Waals surface area contributed by atoms with Crippen molar-refractivity contribution in [3.05, 3.63) is 23.4 Å². The Morgan fingerprint density at radius 2 is 2.19 bits per heavy atom. The number of piperidine rings is 2. The SMILES string of the molecule is COCCCN1C[C@@]2(CCCN(c3nc(C)ccc3C#N)C2)CCC1=O. The van der Waals surface area contributed by atoms with E-state index in [1.165, 1.54) is 0 Å². The van der Waals surface area contributed by atoms with E-state index in [2.05, 4.69) is 16.0 Å². The van der Waals surface area contributed by atoms with Crippen LogP contribution in [0.15, 0.2) is 12.1 Å². The molecule has 1 aromatic rings. The summed E-state index contributed by atoms with van der Waals surface area (Å²) in [5.41, 5.74) is 1.67. The zero-order chi connectivity index (χ0) is 18.6. The number of anilines is 1. The molecule has 3 rings (SSSR count). The molecule has 0 N–H and O–H groups in total. The maximum atomic E-state index is 12.3. The van der Waals surface area contributed by atoms with E-state index < -0.39 is 0 Å². The number of hydrogen-bond acceptors (Lipinski definition) is 5. The molecule has 2 aliphatic rings. The van der Waals surface area contributed by atoms with Crippen molar-refractivity contribution in [2.75, 3.05) is 44.8 Å². The summed E-state index contributed by atoms with van der Waals surface area (Å²) in [6.07, 6.45) is 4.62. The molecule has 1 amide bonds. The summed E-state index contributed by atoms with van der Waals surface area (Å²) in [6, 6.07) is 6.03. The first-order valence-corrected chi connectivity index (χ1v) is 9.46. The summed E-state index contributed by atoms with van der Waals surface area (Å²) in [6.45, 7) is 6.00. The van der Waals surface area contributed by atoms with Crippen LogP contribution in [0.4, 0.5) is 5.82 Å². The lowest BCUT2D eigenvalue weighted by molar-refractivity contribution is -0.138. The number of rotatable bonds is 5. The van der Waals surface area contributed by atoms with Crippen LogP contribution in [0.25, 0.3) is 0 Å². The Bertz CT molecular complexity index is 700. The molecule has 2 saturated heterocycles. The molecule has 140 valence electrons.